The summed E-state index contributed by atoms with van der Waals surface area (Å²) in [6, 6.07) is 0. The van der Waals surface area contributed by atoms with E-state index in [1.165, 1.54) is 45.2 Å². The number of nitrogens with one attached hydrogen (secondary N) is 1. The van der Waals surface area contributed by atoms with Crippen molar-refractivity contribution in [3.8, 4) is 0 Å². The summed E-state index contributed by atoms with van der Waals surface area (Å²) in [6.07, 6.45) is 6.83. The molecule has 2 heterocycles. The predicted octanol–water partition coefficient (Wildman–Crippen LogP) is 2.49. The van der Waals surface area contributed by atoms with Gasteiger partial charge < -0.3 is 5.32 Å². The van der Waals surface area contributed by atoms with E-state index in [9.17, 15) is 0 Å². The first-order valence-electron chi connectivity index (χ1n) is 7.14. The lowest BCUT2D eigenvalue weighted by Crippen LogP contribution is -2.41. The van der Waals surface area contributed by atoms with Gasteiger partial charge in [0.1, 0.15) is 0 Å². The summed E-state index contributed by atoms with van der Waals surface area (Å²) in [6.45, 7) is 5.97. The summed E-state index contributed by atoms with van der Waals surface area (Å²) in [5, 5.41) is 3.61. The molecule has 2 heteroatoms. The van der Waals surface area contributed by atoms with Crippen molar-refractivity contribution in [3.05, 3.63) is 0 Å². The lowest BCUT2D eigenvalue weighted by atomic mass is 9.63. The third-order valence-electron chi connectivity index (χ3n) is 4.97. The van der Waals surface area contributed by atoms with Gasteiger partial charge in [0.2, 0.25) is 0 Å². The van der Waals surface area contributed by atoms with Gasteiger partial charge in [-0.3, -0.25) is 4.99 Å². The molecule has 0 amide bonds. The molecule has 0 bridgehead atoms. The van der Waals surface area contributed by atoms with Crippen LogP contribution in [0.4, 0.5) is 0 Å². The maximum Gasteiger partial charge on any atom is 0.0389 e. The monoisotopic (exact) mass is 220 g/mol. The summed E-state index contributed by atoms with van der Waals surface area (Å²) < 4.78 is 0. The van der Waals surface area contributed by atoms with Crippen molar-refractivity contribution >= 4 is 5.71 Å². The van der Waals surface area contributed by atoms with Crippen LogP contribution in [-0.2, 0) is 0 Å². The SMILES string of the molecule is CCCC1C2CCCN=C2CC2CNCC21. The van der Waals surface area contributed by atoms with Crippen LogP contribution in [0.2, 0.25) is 0 Å². The first-order valence-corrected chi connectivity index (χ1v) is 7.14. The zero-order chi connectivity index (χ0) is 11.0. The summed E-state index contributed by atoms with van der Waals surface area (Å²) in [4.78, 5) is 4.83. The van der Waals surface area contributed by atoms with E-state index >= 15 is 0 Å². The Bertz CT molecular complexity index is 284. The van der Waals surface area contributed by atoms with Crippen molar-refractivity contribution in [1.29, 1.82) is 0 Å². The standard InChI is InChI=1S/C14H24N2/c1-2-4-11-12-5-3-6-16-14(12)7-10-8-15-9-13(10)11/h10-13,15H,2-9H2,1H3. The summed E-state index contributed by atoms with van der Waals surface area (Å²) >= 11 is 0. The number of hydrogen-bond donors (Lipinski definition) is 1. The zero-order valence-corrected chi connectivity index (χ0v) is 10.4. The van der Waals surface area contributed by atoms with Gasteiger partial charge in [-0.2, -0.15) is 0 Å². The van der Waals surface area contributed by atoms with Gasteiger partial charge >= 0.3 is 0 Å². The molecule has 2 fully saturated rings. The van der Waals surface area contributed by atoms with Gasteiger partial charge in [0, 0.05) is 18.2 Å². The molecular formula is C14H24N2. The number of rotatable bonds is 2. The average Bonchev–Trinajstić information content (AvgIpc) is 2.77. The summed E-state index contributed by atoms with van der Waals surface area (Å²) in [5.74, 6) is 3.67. The molecule has 0 radical (unpaired) electrons. The second-order valence-corrected chi connectivity index (χ2v) is 5.86. The molecule has 3 rings (SSSR count). The Labute approximate surface area is 98.9 Å². The maximum absolute atomic E-state index is 4.83. The first-order chi connectivity index (χ1) is 7.90. The number of nitrogens with zero attached hydrogens (tertiary/aromatic N) is 1. The quantitative estimate of drug-likeness (QED) is 0.759. The largest absolute Gasteiger partial charge is 0.316 e. The second kappa shape index (κ2) is 4.48. The Morgan fingerprint density at radius 2 is 2.31 bits per heavy atom. The van der Waals surface area contributed by atoms with E-state index < -0.39 is 0 Å². The normalized spacial score (nSPS) is 42.4. The number of aliphatic imine (C=N–C) groups is 1. The highest BCUT2D eigenvalue weighted by Crippen LogP contribution is 2.44. The highest BCUT2D eigenvalue weighted by Gasteiger charge is 2.44. The maximum atomic E-state index is 4.83. The molecular weight excluding hydrogens is 196 g/mol. The van der Waals surface area contributed by atoms with Crippen LogP contribution in [-0.4, -0.2) is 25.3 Å². The molecule has 3 aliphatic rings. The van der Waals surface area contributed by atoms with Gasteiger partial charge in [0.25, 0.3) is 0 Å². The lowest BCUT2D eigenvalue weighted by Gasteiger charge is -2.42. The van der Waals surface area contributed by atoms with Gasteiger partial charge in [-0.05, 0) is 56.5 Å². The van der Waals surface area contributed by atoms with Gasteiger partial charge in [-0.1, -0.05) is 13.3 Å². The molecule has 1 N–H and O–H groups in total. The van der Waals surface area contributed by atoms with Crippen LogP contribution in [0.15, 0.2) is 4.99 Å². The van der Waals surface area contributed by atoms with Crippen LogP contribution in [0, 0.1) is 23.7 Å². The molecule has 1 saturated heterocycles. The second-order valence-electron chi connectivity index (χ2n) is 5.86. The van der Waals surface area contributed by atoms with Crippen molar-refractivity contribution in [1.82, 2.24) is 5.32 Å². The van der Waals surface area contributed by atoms with E-state index in [-0.39, 0.29) is 0 Å². The van der Waals surface area contributed by atoms with E-state index in [2.05, 4.69) is 12.2 Å². The minimum Gasteiger partial charge on any atom is -0.316 e. The van der Waals surface area contributed by atoms with Crippen LogP contribution in [0.3, 0.4) is 0 Å². The fourth-order valence-electron chi connectivity index (χ4n) is 4.29. The Morgan fingerprint density at radius 3 is 3.19 bits per heavy atom. The van der Waals surface area contributed by atoms with E-state index in [1.54, 1.807) is 5.71 Å². The van der Waals surface area contributed by atoms with Crippen LogP contribution < -0.4 is 5.32 Å². The highest BCUT2D eigenvalue weighted by atomic mass is 14.9. The van der Waals surface area contributed by atoms with Gasteiger partial charge in [-0.25, -0.2) is 0 Å². The Morgan fingerprint density at radius 1 is 1.38 bits per heavy atom. The Balaban J connectivity index is 1.84. The average molecular weight is 220 g/mol. The van der Waals surface area contributed by atoms with Crippen molar-refractivity contribution < 1.29 is 0 Å². The zero-order valence-electron chi connectivity index (χ0n) is 10.4. The third-order valence-corrected chi connectivity index (χ3v) is 4.97. The molecule has 1 aliphatic carbocycles. The number of fused-ring (bicyclic) bond motifs is 2. The van der Waals surface area contributed by atoms with Gasteiger partial charge in [0.15, 0.2) is 0 Å². The lowest BCUT2D eigenvalue weighted by molar-refractivity contribution is 0.183. The molecule has 2 nitrogen and oxygen atoms in total. The molecule has 0 aromatic heterocycles. The molecule has 2 aliphatic heterocycles. The van der Waals surface area contributed by atoms with E-state index in [0.29, 0.717) is 0 Å². The van der Waals surface area contributed by atoms with Crippen molar-refractivity contribution in [2.24, 2.45) is 28.7 Å². The third kappa shape index (κ3) is 1.71. The topological polar surface area (TPSA) is 24.4 Å². The first kappa shape index (κ1) is 10.8. The van der Waals surface area contributed by atoms with Gasteiger partial charge in [-0.15, -0.1) is 0 Å². The molecule has 90 valence electrons. The molecule has 4 unspecified atom stereocenters. The van der Waals surface area contributed by atoms with E-state index in [0.717, 1.165) is 30.2 Å². The molecule has 0 spiro atoms. The smallest absolute Gasteiger partial charge is 0.0389 e. The molecule has 0 aromatic carbocycles. The summed E-state index contributed by atoms with van der Waals surface area (Å²) in [7, 11) is 0. The minimum absolute atomic E-state index is 0.856. The highest BCUT2D eigenvalue weighted by molar-refractivity contribution is 5.88. The number of hydrogen-bond acceptors (Lipinski definition) is 2. The van der Waals surface area contributed by atoms with Crippen LogP contribution in [0.1, 0.15) is 39.0 Å². The van der Waals surface area contributed by atoms with Crippen molar-refractivity contribution in [2.45, 2.75) is 39.0 Å². The molecule has 0 aromatic rings. The fraction of sp³-hybridized carbons (Fsp3) is 0.929. The van der Waals surface area contributed by atoms with Crippen molar-refractivity contribution in [2.75, 3.05) is 19.6 Å². The minimum atomic E-state index is 0.856. The van der Waals surface area contributed by atoms with Crippen LogP contribution in [0.25, 0.3) is 0 Å². The molecule has 4 atom stereocenters. The van der Waals surface area contributed by atoms with Crippen LogP contribution >= 0.6 is 0 Å². The molecule has 1 saturated carbocycles. The Kier molecular flexibility index (Phi) is 3.01. The predicted molar refractivity (Wildman–Crippen MR) is 67.9 cm³/mol. The summed E-state index contributed by atoms with van der Waals surface area (Å²) in [5.41, 5.74) is 1.59. The Hall–Kier alpha value is -0.370. The van der Waals surface area contributed by atoms with E-state index in [1.807, 2.05) is 0 Å². The van der Waals surface area contributed by atoms with E-state index in [4.69, 9.17) is 4.99 Å². The van der Waals surface area contributed by atoms with Crippen molar-refractivity contribution in [3.63, 3.8) is 0 Å². The molecule has 16 heavy (non-hydrogen) atoms. The van der Waals surface area contributed by atoms with Crippen LogP contribution in [0.5, 0.6) is 0 Å². The fourth-order valence-corrected chi connectivity index (χ4v) is 4.29. The van der Waals surface area contributed by atoms with Gasteiger partial charge in [0.05, 0.1) is 0 Å².